The largest absolute Gasteiger partial charge is 0.364 e. The monoisotopic (exact) mass is 550 g/mol. The number of aromatic nitrogens is 4. The second-order valence-electron chi connectivity index (χ2n) is 10.2. The number of halogens is 1. The molecule has 1 aliphatic heterocycles. The molecule has 6 rings (SSSR count). The number of nitrogens with zero attached hydrogens (tertiary/aromatic N) is 6. The highest BCUT2D eigenvalue weighted by atomic mass is 19.1. The van der Waals surface area contributed by atoms with E-state index >= 15 is 0 Å². The fourth-order valence-electron chi connectivity index (χ4n) is 4.86. The number of rotatable bonds is 7. The van der Waals surface area contributed by atoms with Gasteiger partial charge in [-0.25, -0.2) is 14.2 Å². The van der Waals surface area contributed by atoms with Crippen molar-refractivity contribution in [3.05, 3.63) is 108 Å². The van der Waals surface area contributed by atoms with Gasteiger partial charge in [0, 0.05) is 38.4 Å². The molecule has 0 atom stereocenters. The lowest BCUT2D eigenvalue weighted by molar-refractivity contribution is 0.208. The summed E-state index contributed by atoms with van der Waals surface area (Å²) in [6.07, 6.45) is 1.81. The van der Waals surface area contributed by atoms with Gasteiger partial charge in [0.1, 0.15) is 5.82 Å². The minimum absolute atomic E-state index is 0.256. The first kappa shape index (κ1) is 26.2. The highest BCUT2D eigenvalue weighted by Crippen LogP contribution is 2.25. The minimum Gasteiger partial charge on any atom is -0.364 e. The van der Waals surface area contributed by atoms with Crippen LogP contribution in [0, 0.1) is 12.7 Å². The number of aryl methyl sites for hydroxylation is 1. The van der Waals surface area contributed by atoms with Crippen LogP contribution in [0.4, 0.5) is 26.6 Å². The van der Waals surface area contributed by atoms with Crippen LogP contribution in [0.15, 0.2) is 85.2 Å². The Morgan fingerprint density at radius 3 is 2.44 bits per heavy atom. The number of carbonyl (C=O) groups is 1. The molecule has 1 aliphatic rings. The predicted molar refractivity (Wildman–Crippen MR) is 159 cm³/mol. The number of fused-ring (bicyclic) bond motifs is 1. The Morgan fingerprint density at radius 2 is 1.68 bits per heavy atom. The lowest BCUT2D eigenvalue weighted by Gasteiger charge is -2.34. The zero-order valence-corrected chi connectivity index (χ0v) is 22.8. The number of hydrogen-bond acceptors (Lipinski definition) is 6. The molecule has 3 heterocycles. The van der Waals surface area contributed by atoms with Gasteiger partial charge in [-0.3, -0.25) is 0 Å². The van der Waals surface area contributed by atoms with Crippen LogP contribution in [0.3, 0.4) is 0 Å². The molecule has 0 radical (unpaired) electrons. The Hall–Kier alpha value is -4.99. The maximum atomic E-state index is 13.5. The average molecular weight is 551 g/mol. The molecule has 0 saturated carbocycles. The number of imidazole rings is 1. The topological polar surface area (TPSA) is 91.2 Å². The Bertz CT molecular complexity index is 1650. The van der Waals surface area contributed by atoms with Gasteiger partial charge >= 0.3 is 6.03 Å². The Morgan fingerprint density at radius 1 is 0.902 bits per heavy atom. The fraction of sp³-hybridized carbons (Fsp3) is 0.226. The zero-order valence-electron chi connectivity index (χ0n) is 22.8. The van der Waals surface area contributed by atoms with Gasteiger partial charge in [-0.2, -0.15) is 9.97 Å². The average Bonchev–Trinajstić information content (AvgIpc) is 3.40. The molecule has 2 aromatic heterocycles. The molecule has 3 aromatic carbocycles. The van der Waals surface area contributed by atoms with Gasteiger partial charge in [-0.1, -0.05) is 66.2 Å². The van der Waals surface area contributed by atoms with Gasteiger partial charge in [-0.05, 0) is 36.2 Å². The highest BCUT2D eigenvalue weighted by molar-refractivity contribution is 5.89. The predicted octanol–water partition coefficient (Wildman–Crippen LogP) is 5.29. The number of carbonyl (C=O) groups excluding carboxylic acids is 1. The summed E-state index contributed by atoms with van der Waals surface area (Å²) in [5.41, 5.74) is 5.40. The van der Waals surface area contributed by atoms with Crippen LogP contribution in [0.5, 0.6) is 0 Å². The Labute approximate surface area is 237 Å². The second-order valence-corrected chi connectivity index (χ2v) is 10.2. The molecule has 1 fully saturated rings. The number of nitrogens with one attached hydrogen (secondary N) is 2. The summed E-state index contributed by atoms with van der Waals surface area (Å²) in [5, 5.41) is 6.26. The molecular formula is C31H31FN8O. The van der Waals surface area contributed by atoms with Crippen molar-refractivity contribution >= 4 is 34.6 Å². The highest BCUT2D eigenvalue weighted by Gasteiger charge is 2.25. The van der Waals surface area contributed by atoms with E-state index in [2.05, 4.69) is 63.8 Å². The molecule has 41 heavy (non-hydrogen) atoms. The number of amides is 2. The fourth-order valence-corrected chi connectivity index (χ4v) is 4.86. The summed E-state index contributed by atoms with van der Waals surface area (Å²) >= 11 is 0. The summed E-state index contributed by atoms with van der Waals surface area (Å²) in [7, 11) is 0. The van der Waals surface area contributed by atoms with Crippen molar-refractivity contribution in [1.29, 1.82) is 0 Å². The molecular weight excluding hydrogens is 519 g/mol. The van der Waals surface area contributed by atoms with Crippen LogP contribution in [0.2, 0.25) is 0 Å². The van der Waals surface area contributed by atoms with Gasteiger partial charge in [-0.15, -0.1) is 0 Å². The Kier molecular flexibility index (Phi) is 7.44. The molecule has 0 unspecified atom stereocenters. The molecule has 9 nitrogen and oxygen atoms in total. The van der Waals surface area contributed by atoms with Gasteiger partial charge in [0.25, 0.3) is 0 Å². The van der Waals surface area contributed by atoms with Gasteiger partial charge < -0.3 is 25.0 Å². The van der Waals surface area contributed by atoms with E-state index in [1.807, 2.05) is 29.1 Å². The van der Waals surface area contributed by atoms with E-state index in [9.17, 15) is 9.18 Å². The van der Waals surface area contributed by atoms with Gasteiger partial charge in [0.05, 0.1) is 12.9 Å². The van der Waals surface area contributed by atoms with Crippen LogP contribution in [0.25, 0.3) is 11.2 Å². The van der Waals surface area contributed by atoms with Crippen LogP contribution in [-0.2, 0) is 13.1 Å². The van der Waals surface area contributed by atoms with Crippen LogP contribution in [-0.4, -0.2) is 56.6 Å². The number of hydrogen-bond donors (Lipinski definition) is 2. The van der Waals surface area contributed by atoms with E-state index < -0.39 is 5.82 Å². The third kappa shape index (κ3) is 6.11. The molecule has 0 spiro atoms. The molecule has 10 heteroatoms. The lowest BCUT2D eigenvalue weighted by Crippen LogP contribution is -2.50. The number of anilines is 3. The van der Waals surface area contributed by atoms with Crippen LogP contribution < -0.4 is 15.5 Å². The third-order valence-electron chi connectivity index (χ3n) is 7.15. The third-order valence-corrected chi connectivity index (χ3v) is 7.15. The minimum atomic E-state index is -0.390. The number of piperazine rings is 1. The molecule has 0 aliphatic carbocycles. The smallest absolute Gasteiger partial charge is 0.321 e. The molecule has 2 N–H and O–H groups in total. The van der Waals surface area contributed by atoms with Crippen molar-refractivity contribution in [2.45, 2.75) is 20.0 Å². The molecule has 2 amide bonds. The van der Waals surface area contributed by atoms with Crippen molar-refractivity contribution in [3.63, 3.8) is 0 Å². The van der Waals surface area contributed by atoms with Gasteiger partial charge in [0.15, 0.2) is 17.0 Å². The van der Waals surface area contributed by atoms with E-state index in [4.69, 9.17) is 9.97 Å². The first-order valence-electron chi connectivity index (χ1n) is 13.6. The molecule has 5 aromatic rings. The van der Waals surface area contributed by atoms with Crippen molar-refractivity contribution in [1.82, 2.24) is 24.4 Å². The SMILES string of the molecule is Cc1ccc(CNc2nc(N3CCN(C(=O)Nc4cccc(F)c4)CC3)nc3c2ncn3Cc2ccccc2)cc1. The van der Waals surface area contributed by atoms with Crippen molar-refractivity contribution < 1.29 is 9.18 Å². The van der Waals surface area contributed by atoms with Crippen molar-refractivity contribution in [3.8, 4) is 0 Å². The summed E-state index contributed by atoms with van der Waals surface area (Å²) < 4.78 is 15.6. The Balaban J connectivity index is 1.22. The van der Waals surface area contributed by atoms with Crippen LogP contribution >= 0.6 is 0 Å². The number of urea groups is 1. The van der Waals surface area contributed by atoms with Crippen molar-refractivity contribution in [2.24, 2.45) is 0 Å². The first-order valence-corrected chi connectivity index (χ1v) is 13.6. The standard InChI is InChI=1S/C31H31FN8O/c1-22-10-12-23(13-11-22)19-33-28-27-29(40(21-34-27)20-24-6-3-2-4-7-24)37-30(36-28)38-14-16-39(17-15-38)31(41)35-26-9-5-8-25(32)18-26/h2-13,18,21H,14-17,19-20H2,1H3,(H,35,41)(H,33,36,37). The van der Waals surface area contributed by atoms with Crippen molar-refractivity contribution in [2.75, 3.05) is 41.7 Å². The van der Waals surface area contributed by atoms with E-state index in [1.54, 1.807) is 17.0 Å². The van der Waals surface area contributed by atoms with Crippen LogP contribution in [0.1, 0.15) is 16.7 Å². The normalized spacial score (nSPS) is 13.4. The van der Waals surface area contributed by atoms with Gasteiger partial charge in [0.2, 0.25) is 5.95 Å². The summed E-state index contributed by atoms with van der Waals surface area (Å²) in [5.74, 6) is 0.867. The van der Waals surface area contributed by atoms with E-state index in [-0.39, 0.29) is 6.03 Å². The second kappa shape index (κ2) is 11.6. The van der Waals surface area contributed by atoms with E-state index in [1.165, 1.54) is 17.7 Å². The lowest BCUT2D eigenvalue weighted by atomic mass is 10.1. The molecule has 208 valence electrons. The maximum Gasteiger partial charge on any atom is 0.321 e. The zero-order chi connectivity index (χ0) is 28.2. The molecule has 0 bridgehead atoms. The summed E-state index contributed by atoms with van der Waals surface area (Å²) in [4.78, 5) is 31.1. The molecule has 1 saturated heterocycles. The number of benzene rings is 3. The van der Waals surface area contributed by atoms with E-state index in [0.717, 1.165) is 16.8 Å². The summed E-state index contributed by atoms with van der Waals surface area (Å²) in [6, 6.07) is 24.2. The quantitative estimate of drug-likeness (QED) is 0.286. The summed E-state index contributed by atoms with van der Waals surface area (Å²) in [6.45, 7) is 5.40. The van der Waals surface area contributed by atoms with E-state index in [0.29, 0.717) is 62.2 Å². The first-order chi connectivity index (χ1) is 20.0. The maximum absolute atomic E-state index is 13.5.